The molecule has 0 radical (unpaired) electrons. The van der Waals surface area contributed by atoms with Gasteiger partial charge in [0.05, 0.1) is 0 Å². The number of benzene rings is 1. The molecule has 1 aliphatic rings. The number of carboxylic acids is 1. The number of carbonyl (C=O) groups is 1. The third kappa shape index (κ3) is 3.35. The van der Waals surface area contributed by atoms with Crippen molar-refractivity contribution in [3.8, 4) is 0 Å². The molecule has 19 heavy (non-hydrogen) atoms. The number of halogens is 1. The molecule has 104 valence electrons. The molecule has 0 bridgehead atoms. The summed E-state index contributed by atoms with van der Waals surface area (Å²) in [6, 6.07) is 7.24. The highest BCUT2D eigenvalue weighted by Crippen LogP contribution is 2.27. The van der Waals surface area contributed by atoms with Crippen LogP contribution in [0.1, 0.15) is 18.5 Å². The molecule has 5 heteroatoms. The maximum atomic E-state index is 11.7. The summed E-state index contributed by atoms with van der Waals surface area (Å²) in [5, 5.41) is 9.58. The zero-order valence-electron chi connectivity index (χ0n) is 11.2. The lowest BCUT2D eigenvalue weighted by atomic mass is 10.0. The van der Waals surface area contributed by atoms with E-state index in [0.29, 0.717) is 0 Å². The van der Waals surface area contributed by atoms with Gasteiger partial charge in [0.1, 0.15) is 6.04 Å². The number of piperazine rings is 1. The Morgan fingerprint density at radius 3 is 2.79 bits per heavy atom. The number of rotatable bonds is 3. The van der Waals surface area contributed by atoms with Gasteiger partial charge < -0.3 is 10.0 Å². The molecule has 1 aromatic rings. The second kappa shape index (κ2) is 6.03. The third-order valence-electron chi connectivity index (χ3n) is 3.61. The number of hydrogen-bond acceptors (Lipinski definition) is 3. The van der Waals surface area contributed by atoms with Gasteiger partial charge in [-0.05, 0) is 31.7 Å². The first-order chi connectivity index (χ1) is 8.99. The fourth-order valence-electron chi connectivity index (χ4n) is 2.69. The summed E-state index contributed by atoms with van der Waals surface area (Å²) in [5.74, 6) is -0.783. The van der Waals surface area contributed by atoms with Crippen LogP contribution in [0.3, 0.4) is 0 Å². The fourth-order valence-corrected chi connectivity index (χ4v) is 3.11. The normalized spacial score (nSPS) is 23.2. The van der Waals surface area contributed by atoms with Gasteiger partial charge in [-0.1, -0.05) is 28.1 Å². The second-order valence-electron chi connectivity index (χ2n) is 5.14. The molecule has 1 N–H and O–H groups in total. The summed E-state index contributed by atoms with van der Waals surface area (Å²) in [5.41, 5.74) is 0.832. The first-order valence-electron chi connectivity index (χ1n) is 6.41. The summed E-state index contributed by atoms with van der Waals surface area (Å²) in [4.78, 5) is 16.0. The van der Waals surface area contributed by atoms with E-state index in [0.717, 1.165) is 29.7 Å². The molecule has 1 saturated heterocycles. The van der Waals surface area contributed by atoms with E-state index in [9.17, 15) is 9.90 Å². The maximum absolute atomic E-state index is 11.7. The van der Waals surface area contributed by atoms with Crippen LogP contribution in [0.25, 0.3) is 0 Å². The maximum Gasteiger partial charge on any atom is 0.325 e. The average molecular weight is 327 g/mol. The zero-order valence-corrected chi connectivity index (χ0v) is 12.8. The van der Waals surface area contributed by atoms with Crippen LogP contribution < -0.4 is 0 Å². The molecule has 0 saturated carbocycles. The molecule has 2 atom stereocenters. The Bertz CT molecular complexity index is 467. The summed E-state index contributed by atoms with van der Waals surface area (Å²) < 4.78 is 0.915. The Hall–Kier alpha value is -0.910. The lowest BCUT2D eigenvalue weighted by molar-refractivity contribution is -0.145. The van der Waals surface area contributed by atoms with Crippen LogP contribution in [0.2, 0.25) is 0 Å². The number of hydrogen-bond donors (Lipinski definition) is 1. The van der Waals surface area contributed by atoms with E-state index in [2.05, 4.69) is 39.7 Å². The molecule has 0 aliphatic carbocycles. The van der Waals surface area contributed by atoms with E-state index in [4.69, 9.17) is 0 Å². The van der Waals surface area contributed by atoms with Gasteiger partial charge in [0.2, 0.25) is 0 Å². The Morgan fingerprint density at radius 2 is 2.21 bits per heavy atom. The van der Waals surface area contributed by atoms with Crippen molar-refractivity contribution in [2.45, 2.75) is 19.0 Å². The van der Waals surface area contributed by atoms with Crippen molar-refractivity contribution in [2.24, 2.45) is 0 Å². The van der Waals surface area contributed by atoms with Crippen LogP contribution >= 0.6 is 15.9 Å². The smallest absolute Gasteiger partial charge is 0.325 e. The van der Waals surface area contributed by atoms with Gasteiger partial charge in [-0.2, -0.15) is 0 Å². The van der Waals surface area contributed by atoms with Gasteiger partial charge in [-0.15, -0.1) is 0 Å². The van der Waals surface area contributed by atoms with Crippen LogP contribution in [0.15, 0.2) is 28.7 Å². The highest BCUT2D eigenvalue weighted by atomic mass is 79.9. The minimum Gasteiger partial charge on any atom is -0.480 e. The Labute approximate surface area is 122 Å². The van der Waals surface area contributed by atoms with Crippen molar-refractivity contribution in [3.05, 3.63) is 34.3 Å². The Morgan fingerprint density at radius 1 is 1.47 bits per heavy atom. The molecule has 2 unspecified atom stereocenters. The molecular weight excluding hydrogens is 308 g/mol. The van der Waals surface area contributed by atoms with Crippen molar-refractivity contribution in [2.75, 3.05) is 26.7 Å². The molecule has 0 aromatic heterocycles. The summed E-state index contributed by atoms with van der Waals surface area (Å²) in [7, 11) is 2.07. The van der Waals surface area contributed by atoms with Gasteiger partial charge >= 0.3 is 5.97 Å². The highest BCUT2D eigenvalue weighted by molar-refractivity contribution is 9.10. The quantitative estimate of drug-likeness (QED) is 0.924. The van der Waals surface area contributed by atoms with Gasteiger partial charge in [0.25, 0.3) is 0 Å². The van der Waals surface area contributed by atoms with Gasteiger partial charge in [0, 0.05) is 30.1 Å². The summed E-state index contributed by atoms with van der Waals surface area (Å²) in [6.07, 6.45) is 0. The highest BCUT2D eigenvalue weighted by Gasteiger charge is 2.33. The lowest BCUT2D eigenvalue weighted by Gasteiger charge is -2.41. The lowest BCUT2D eigenvalue weighted by Crippen LogP contribution is -2.53. The molecule has 1 aromatic carbocycles. The SMILES string of the molecule is CC1CN(C)CCN1C(C(=O)O)c1cccc(Br)c1. The number of aliphatic carboxylic acids is 1. The molecule has 2 rings (SSSR count). The fraction of sp³-hybridized carbons (Fsp3) is 0.500. The van der Waals surface area contributed by atoms with Crippen LogP contribution in [-0.4, -0.2) is 53.6 Å². The molecular formula is C14H19BrN2O2. The van der Waals surface area contributed by atoms with E-state index >= 15 is 0 Å². The van der Waals surface area contributed by atoms with Crippen LogP contribution in [0.5, 0.6) is 0 Å². The predicted octanol–water partition coefficient (Wildman–Crippen LogP) is 2.21. The molecule has 4 nitrogen and oxygen atoms in total. The minimum absolute atomic E-state index is 0.235. The van der Waals surface area contributed by atoms with E-state index in [1.807, 2.05) is 24.3 Å². The average Bonchev–Trinajstić information content (AvgIpc) is 2.32. The van der Waals surface area contributed by atoms with Crippen molar-refractivity contribution >= 4 is 21.9 Å². The van der Waals surface area contributed by atoms with Crippen molar-refractivity contribution in [1.29, 1.82) is 0 Å². The largest absolute Gasteiger partial charge is 0.480 e. The van der Waals surface area contributed by atoms with Gasteiger partial charge in [-0.25, -0.2) is 0 Å². The standard InChI is InChI=1S/C14H19BrN2O2/c1-10-9-16(2)6-7-17(10)13(14(18)19)11-4-3-5-12(15)8-11/h3-5,8,10,13H,6-7,9H2,1-2H3,(H,18,19). The van der Waals surface area contributed by atoms with E-state index < -0.39 is 12.0 Å². The topological polar surface area (TPSA) is 43.8 Å². The number of carboxylic acid groups (broad SMARTS) is 1. The Balaban J connectivity index is 2.28. The van der Waals surface area contributed by atoms with Crippen LogP contribution in [0, 0.1) is 0 Å². The van der Waals surface area contributed by atoms with Crippen molar-refractivity contribution in [1.82, 2.24) is 9.80 Å². The second-order valence-corrected chi connectivity index (χ2v) is 6.06. The summed E-state index contributed by atoms with van der Waals surface area (Å²) in [6.45, 7) is 4.67. The monoisotopic (exact) mass is 326 g/mol. The predicted molar refractivity (Wildman–Crippen MR) is 78.2 cm³/mol. The molecule has 0 amide bonds. The molecule has 1 fully saturated rings. The Kier molecular flexibility index (Phi) is 4.60. The molecule has 1 heterocycles. The van der Waals surface area contributed by atoms with E-state index in [-0.39, 0.29) is 6.04 Å². The number of likely N-dealkylation sites (N-methyl/N-ethyl adjacent to an activating group) is 1. The van der Waals surface area contributed by atoms with Crippen LogP contribution in [0.4, 0.5) is 0 Å². The number of nitrogens with zero attached hydrogens (tertiary/aromatic N) is 2. The first kappa shape index (κ1) is 14.5. The van der Waals surface area contributed by atoms with E-state index in [1.54, 1.807) is 0 Å². The van der Waals surface area contributed by atoms with Crippen molar-refractivity contribution in [3.63, 3.8) is 0 Å². The van der Waals surface area contributed by atoms with Gasteiger partial charge in [-0.3, -0.25) is 9.69 Å². The third-order valence-corrected chi connectivity index (χ3v) is 4.11. The van der Waals surface area contributed by atoms with E-state index in [1.165, 1.54) is 0 Å². The van der Waals surface area contributed by atoms with Gasteiger partial charge in [0.15, 0.2) is 0 Å². The summed E-state index contributed by atoms with van der Waals surface area (Å²) >= 11 is 3.41. The molecule has 0 spiro atoms. The van der Waals surface area contributed by atoms with Crippen molar-refractivity contribution < 1.29 is 9.90 Å². The molecule has 1 aliphatic heterocycles. The minimum atomic E-state index is -0.783. The first-order valence-corrected chi connectivity index (χ1v) is 7.21. The van der Waals surface area contributed by atoms with Crippen LogP contribution in [-0.2, 0) is 4.79 Å². The zero-order chi connectivity index (χ0) is 14.0.